The van der Waals surface area contributed by atoms with Crippen LogP contribution in [0.3, 0.4) is 0 Å². The van der Waals surface area contributed by atoms with E-state index in [2.05, 4.69) is 58.0 Å². The summed E-state index contributed by atoms with van der Waals surface area (Å²) in [6.45, 7) is 9.63. The Balaban J connectivity index is 2.15. The van der Waals surface area contributed by atoms with Crippen molar-refractivity contribution >= 4 is 0 Å². The summed E-state index contributed by atoms with van der Waals surface area (Å²) < 4.78 is 0. The fraction of sp³-hybridized carbons (Fsp3) is 0.647. The average Bonchev–Trinajstić information content (AvgIpc) is 2.28. The van der Waals surface area contributed by atoms with E-state index in [0.29, 0.717) is 5.41 Å². The van der Waals surface area contributed by atoms with Crippen LogP contribution in [0, 0.1) is 17.3 Å². The molecule has 17 heavy (non-hydrogen) atoms. The second-order valence-electron chi connectivity index (χ2n) is 6.98. The molecule has 1 aromatic rings. The summed E-state index contributed by atoms with van der Waals surface area (Å²) in [6, 6.07) is 11.1. The van der Waals surface area contributed by atoms with Gasteiger partial charge in [-0.1, -0.05) is 58.0 Å². The van der Waals surface area contributed by atoms with Crippen LogP contribution in [-0.2, 0) is 0 Å². The summed E-state index contributed by atoms with van der Waals surface area (Å²) in [6.07, 6.45) is 4.15. The second-order valence-corrected chi connectivity index (χ2v) is 6.98. The summed E-state index contributed by atoms with van der Waals surface area (Å²) in [5.74, 6) is 2.53. The molecule has 0 saturated heterocycles. The molecular formula is C17H26. The fourth-order valence-electron chi connectivity index (χ4n) is 3.31. The SMILES string of the molecule is CC1CC(c2ccccc2)CC(C(C)(C)C)C1. The normalized spacial score (nSPS) is 30.2. The van der Waals surface area contributed by atoms with Crippen LogP contribution in [0.4, 0.5) is 0 Å². The Kier molecular flexibility index (Phi) is 3.61. The molecule has 94 valence electrons. The van der Waals surface area contributed by atoms with Gasteiger partial charge in [-0.25, -0.2) is 0 Å². The lowest BCUT2D eigenvalue weighted by Crippen LogP contribution is -2.29. The lowest BCUT2D eigenvalue weighted by atomic mass is 9.65. The highest BCUT2D eigenvalue weighted by Gasteiger charge is 2.33. The molecular weight excluding hydrogens is 204 g/mol. The molecule has 3 atom stereocenters. The first kappa shape index (κ1) is 12.7. The molecule has 1 aliphatic rings. The van der Waals surface area contributed by atoms with Gasteiger partial charge in [0.05, 0.1) is 0 Å². The monoisotopic (exact) mass is 230 g/mol. The van der Waals surface area contributed by atoms with Crippen LogP contribution in [-0.4, -0.2) is 0 Å². The Hall–Kier alpha value is -0.780. The van der Waals surface area contributed by atoms with Crippen LogP contribution in [0.2, 0.25) is 0 Å². The summed E-state index contributed by atoms with van der Waals surface area (Å²) in [4.78, 5) is 0. The molecule has 1 saturated carbocycles. The maximum Gasteiger partial charge on any atom is -0.0157 e. The largest absolute Gasteiger partial charge is 0.0625 e. The molecule has 1 aliphatic carbocycles. The minimum Gasteiger partial charge on any atom is -0.0625 e. The van der Waals surface area contributed by atoms with Crippen molar-refractivity contribution < 1.29 is 0 Å². The van der Waals surface area contributed by atoms with Gasteiger partial charge in [0.1, 0.15) is 0 Å². The van der Waals surface area contributed by atoms with Crippen molar-refractivity contribution in [3.63, 3.8) is 0 Å². The predicted molar refractivity (Wildman–Crippen MR) is 75.1 cm³/mol. The number of rotatable bonds is 1. The highest BCUT2D eigenvalue weighted by Crippen LogP contribution is 2.46. The lowest BCUT2D eigenvalue weighted by Gasteiger charge is -2.40. The summed E-state index contributed by atoms with van der Waals surface area (Å²) in [5.41, 5.74) is 2.01. The van der Waals surface area contributed by atoms with E-state index in [1.54, 1.807) is 5.56 Å². The van der Waals surface area contributed by atoms with E-state index < -0.39 is 0 Å². The topological polar surface area (TPSA) is 0 Å². The van der Waals surface area contributed by atoms with Gasteiger partial charge in [-0.3, -0.25) is 0 Å². The first-order valence-electron chi connectivity index (χ1n) is 7.01. The minimum absolute atomic E-state index is 0.460. The van der Waals surface area contributed by atoms with Gasteiger partial charge in [-0.05, 0) is 48.0 Å². The molecule has 0 aromatic heterocycles. The predicted octanol–water partition coefficient (Wildman–Crippen LogP) is 5.25. The van der Waals surface area contributed by atoms with Gasteiger partial charge in [0, 0.05) is 0 Å². The fourth-order valence-corrected chi connectivity index (χ4v) is 3.31. The van der Waals surface area contributed by atoms with E-state index in [0.717, 1.165) is 17.8 Å². The minimum atomic E-state index is 0.460. The summed E-state index contributed by atoms with van der Waals surface area (Å²) in [5, 5.41) is 0. The van der Waals surface area contributed by atoms with Crippen molar-refractivity contribution in [2.24, 2.45) is 17.3 Å². The quantitative estimate of drug-likeness (QED) is 0.618. The Labute approximate surface area is 106 Å². The molecule has 3 unspecified atom stereocenters. The Bertz CT molecular complexity index is 344. The third-order valence-corrected chi connectivity index (χ3v) is 4.44. The van der Waals surface area contributed by atoms with Gasteiger partial charge in [-0.2, -0.15) is 0 Å². The Morgan fingerprint density at radius 3 is 2.18 bits per heavy atom. The van der Waals surface area contributed by atoms with Gasteiger partial charge < -0.3 is 0 Å². The van der Waals surface area contributed by atoms with Crippen molar-refractivity contribution in [2.45, 2.75) is 52.9 Å². The molecule has 0 amide bonds. The van der Waals surface area contributed by atoms with Crippen LogP contribution in [0.15, 0.2) is 30.3 Å². The van der Waals surface area contributed by atoms with Crippen molar-refractivity contribution in [1.82, 2.24) is 0 Å². The third kappa shape index (κ3) is 3.12. The summed E-state index contributed by atoms with van der Waals surface area (Å²) in [7, 11) is 0. The van der Waals surface area contributed by atoms with Crippen LogP contribution < -0.4 is 0 Å². The van der Waals surface area contributed by atoms with Crippen molar-refractivity contribution in [3.8, 4) is 0 Å². The Morgan fingerprint density at radius 2 is 1.59 bits per heavy atom. The second kappa shape index (κ2) is 4.84. The maximum atomic E-state index is 2.42. The van der Waals surface area contributed by atoms with E-state index in [1.165, 1.54) is 19.3 Å². The molecule has 0 heterocycles. The van der Waals surface area contributed by atoms with Gasteiger partial charge >= 0.3 is 0 Å². The lowest BCUT2D eigenvalue weighted by molar-refractivity contribution is 0.133. The van der Waals surface area contributed by atoms with Gasteiger partial charge in [0.2, 0.25) is 0 Å². The number of hydrogen-bond donors (Lipinski definition) is 0. The molecule has 1 fully saturated rings. The zero-order chi connectivity index (χ0) is 12.5. The average molecular weight is 230 g/mol. The molecule has 0 radical (unpaired) electrons. The van der Waals surface area contributed by atoms with E-state index in [1.807, 2.05) is 0 Å². The van der Waals surface area contributed by atoms with Crippen molar-refractivity contribution in [2.75, 3.05) is 0 Å². The molecule has 0 heteroatoms. The number of hydrogen-bond acceptors (Lipinski definition) is 0. The van der Waals surface area contributed by atoms with Gasteiger partial charge in [0.25, 0.3) is 0 Å². The maximum absolute atomic E-state index is 2.42. The van der Waals surface area contributed by atoms with Crippen molar-refractivity contribution in [3.05, 3.63) is 35.9 Å². The van der Waals surface area contributed by atoms with E-state index >= 15 is 0 Å². The number of benzene rings is 1. The standard InChI is InChI=1S/C17H26/c1-13-10-15(14-8-6-5-7-9-14)12-16(11-13)17(2,3)4/h5-9,13,15-16H,10-12H2,1-4H3. The van der Waals surface area contributed by atoms with Crippen LogP contribution >= 0.6 is 0 Å². The molecule has 0 aliphatic heterocycles. The summed E-state index contributed by atoms with van der Waals surface area (Å²) >= 11 is 0. The smallest absolute Gasteiger partial charge is 0.0157 e. The first-order valence-corrected chi connectivity index (χ1v) is 7.01. The zero-order valence-electron chi connectivity index (χ0n) is 11.7. The highest BCUT2D eigenvalue weighted by molar-refractivity contribution is 5.20. The highest BCUT2D eigenvalue weighted by atomic mass is 14.4. The third-order valence-electron chi connectivity index (χ3n) is 4.44. The molecule has 0 nitrogen and oxygen atoms in total. The Morgan fingerprint density at radius 1 is 0.941 bits per heavy atom. The van der Waals surface area contributed by atoms with Crippen LogP contribution in [0.5, 0.6) is 0 Å². The molecule has 0 spiro atoms. The molecule has 0 bridgehead atoms. The van der Waals surface area contributed by atoms with Crippen molar-refractivity contribution in [1.29, 1.82) is 0 Å². The van der Waals surface area contributed by atoms with Gasteiger partial charge in [0.15, 0.2) is 0 Å². The zero-order valence-corrected chi connectivity index (χ0v) is 11.7. The first-order chi connectivity index (χ1) is 7.97. The van der Waals surface area contributed by atoms with E-state index in [4.69, 9.17) is 0 Å². The van der Waals surface area contributed by atoms with Gasteiger partial charge in [-0.15, -0.1) is 0 Å². The molecule has 1 aromatic carbocycles. The molecule has 2 rings (SSSR count). The van der Waals surface area contributed by atoms with Crippen LogP contribution in [0.25, 0.3) is 0 Å². The van der Waals surface area contributed by atoms with E-state index in [-0.39, 0.29) is 0 Å². The van der Waals surface area contributed by atoms with Crippen LogP contribution in [0.1, 0.15) is 58.4 Å². The van der Waals surface area contributed by atoms with E-state index in [9.17, 15) is 0 Å². The molecule has 0 N–H and O–H groups in total.